The van der Waals surface area contributed by atoms with E-state index in [9.17, 15) is 0 Å². The van der Waals surface area contributed by atoms with E-state index in [1.54, 1.807) is 20.5 Å². The Balaban J connectivity index is 1.49. The van der Waals surface area contributed by atoms with Gasteiger partial charge in [-0.2, -0.15) is 0 Å². The zero-order valence-electron chi connectivity index (χ0n) is 16.9. The third-order valence-corrected chi connectivity index (χ3v) is 4.42. The van der Waals surface area contributed by atoms with Gasteiger partial charge in [0, 0.05) is 18.5 Å². The van der Waals surface area contributed by atoms with Gasteiger partial charge in [-0.25, -0.2) is 9.98 Å². The molecule has 3 N–H and O–H groups in total. The van der Waals surface area contributed by atoms with E-state index in [0.29, 0.717) is 42.9 Å². The molecule has 0 aliphatic carbocycles. The Bertz CT molecular complexity index is 964. The number of nitrogens with one attached hydrogen (secondary N) is 1. The van der Waals surface area contributed by atoms with Gasteiger partial charge in [-0.3, -0.25) is 0 Å². The summed E-state index contributed by atoms with van der Waals surface area (Å²) in [4.78, 5) is 8.88. The van der Waals surface area contributed by atoms with Crippen LogP contribution in [0.3, 0.4) is 0 Å². The Kier molecular flexibility index (Phi) is 6.73. The van der Waals surface area contributed by atoms with E-state index in [1.807, 2.05) is 49.4 Å². The minimum atomic E-state index is 0.377. The van der Waals surface area contributed by atoms with Crippen molar-refractivity contribution in [2.45, 2.75) is 19.9 Å². The SMILES string of the molecule is COc1ccc(CN=C(N)NCCc2coc(-c3ccc(C)cc3)n2)cc1OC. The van der Waals surface area contributed by atoms with E-state index in [1.165, 1.54) is 5.56 Å². The summed E-state index contributed by atoms with van der Waals surface area (Å²) in [5.74, 6) is 2.35. The predicted molar refractivity (Wildman–Crippen MR) is 113 cm³/mol. The Morgan fingerprint density at radius 3 is 2.59 bits per heavy atom. The van der Waals surface area contributed by atoms with Crippen molar-refractivity contribution in [2.24, 2.45) is 10.7 Å². The first kappa shape index (κ1) is 20.3. The molecule has 0 spiro atoms. The number of rotatable bonds is 8. The van der Waals surface area contributed by atoms with Gasteiger partial charge in [0.2, 0.25) is 5.89 Å². The fourth-order valence-corrected chi connectivity index (χ4v) is 2.78. The second kappa shape index (κ2) is 9.64. The zero-order chi connectivity index (χ0) is 20.6. The number of aliphatic imine (C=N–C) groups is 1. The number of nitrogens with zero attached hydrogens (tertiary/aromatic N) is 2. The predicted octanol–water partition coefficient (Wildman–Crippen LogP) is 3.31. The lowest BCUT2D eigenvalue weighted by Crippen LogP contribution is -2.33. The molecule has 2 aromatic carbocycles. The summed E-state index contributed by atoms with van der Waals surface area (Å²) in [6.07, 6.45) is 2.36. The summed E-state index contributed by atoms with van der Waals surface area (Å²) in [5, 5.41) is 3.10. The highest BCUT2D eigenvalue weighted by Crippen LogP contribution is 2.27. The third-order valence-electron chi connectivity index (χ3n) is 4.42. The Morgan fingerprint density at radius 2 is 1.86 bits per heavy atom. The number of nitrogens with two attached hydrogens (primary N) is 1. The first-order valence-electron chi connectivity index (χ1n) is 9.35. The first-order chi connectivity index (χ1) is 14.1. The molecular formula is C22H26N4O3. The van der Waals surface area contributed by atoms with Crippen LogP contribution in [0.2, 0.25) is 0 Å². The summed E-state index contributed by atoms with van der Waals surface area (Å²) in [7, 11) is 3.21. The van der Waals surface area contributed by atoms with Crippen LogP contribution >= 0.6 is 0 Å². The van der Waals surface area contributed by atoms with Crippen LogP contribution in [0.1, 0.15) is 16.8 Å². The second-order valence-electron chi connectivity index (χ2n) is 6.58. The van der Waals surface area contributed by atoms with Crippen molar-refractivity contribution in [3.8, 4) is 23.0 Å². The smallest absolute Gasteiger partial charge is 0.226 e. The van der Waals surface area contributed by atoms with Crippen LogP contribution in [0.4, 0.5) is 0 Å². The average molecular weight is 394 g/mol. The van der Waals surface area contributed by atoms with Crippen molar-refractivity contribution in [1.82, 2.24) is 10.3 Å². The fraction of sp³-hybridized carbons (Fsp3) is 0.273. The summed E-state index contributed by atoms with van der Waals surface area (Å²) in [5.41, 5.74) is 9.97. The van der Waals surface area contributed by atoms with Crippen molar-refractivity contribution in [1.29, 1.82) is 0 Å². The van der Waals surface area contributed by atoms with Crippen LogP contribution in [-0.2, 0) is 13.0 Å². The van der Waals surface area contributed by atoms with E-state index >= 15 is 0 Å². The van der Waals surface area contributed by atoms with Gasteiger partial charge < -0.3 is 24.9 Å². The summed E-state index contributed by atoms with van der Waals surface area (Å²) in [6, 6.07) is 13.7. The van der Waals surface area contributed by atoms with Crippen molar-refractivity contribution in [3.63, 3.8) is 0 Å². The maximum atomic E-state index is 5.96. The molecule has 0 unspecified atom stereocenters. The monoisotopic (exact) mass is 394 g/mol. The molecule has 3 rings (SSSR count). The van der Waals surface area contributed by atoms with E-state index in [2.05, 4.69) is 15.3 Å². The lowest BCUT2D eigenvalue weighted by Gasteiger charge is -2.09. The van der Waals surface area contributed by atoms with Crippen LogP contribution in [0.5, 0.6) is 11.5 Å². The van der Waals surface area contributed by atoms with Crippen LogP contribution in [0.15, 0.2) is 58.1 Å². The molecule has 29 heavy (non-hydrogen) atoms. The zero-order valence-corrected chi connectivity index (χ0v) is 16.9. The normalized spacial score (nSPS) is 11.3. The van der Waals surface area contributed by atoms with Crippen LogP contribution < -0.4 is 20.5 Å². The van der Waals surface area contributed by atoms with Crippen LogP contribution in [-0.4, -0.2) is 31.7 Å². The quantitative estimate of drug-likeness (QED) is 0.450. The van der Waals surface area contributed by atoms with Crippen molar-refractivity contribution in [3.05, 3.63) is 65.5 Å². The molecule has 0 saturated heterocycles. The molecular weight excluding hydrogens is 368 g/mol. The minimum Gasteiger partial charge on any atom is -0.493 e. The molecule has 0 aliphatic rings. The highest BCUT2D eigenvalue weighted by molar-refractivity contribution is 5.77. The Morgan fingerprint density at radius 1 is 1.10 bits per heavy atom. The van der Waals surface area contributed by atoms with Crippen LogP contribution in [0.25, 0.3) is 11.5 Å². The molecule has 0 saturated carbocycles. The molecule has 1 aromatic heterocycles. The van der Waals surface area contributed by atoms with Gasteiger partial charge >= 0.3 is 0 Å². The van der Waals surface area contributed by atoms with Gasteiger partial charge in [0.05, 0.1) is 26.5 Å². The largest absolute Gasteiger partial charge is 0.493 e. The number of hydrogen-bond donors (Lipinski definition) is 2. The molecule has 0 radical (unpaired) electrons. The number of benzene rings is 2. The summed E-state index contributed by atoms with van der Waals surface area (Å²) >= 11 is 0. The number of methoxy groups -OCH3 is 2. The van der Waals surface area contributed by atoms with E-state index in [-0.39, 0.29) is 0 Å². The highest BCUT2D eigenvalue weighted by Gasteiger charge is 2.07. The standard InChI is InChI=1S/C22H26N4O3/c1-15-4-7-17(8-5-15)21-26-18(14-29-21)10-11-24-22(23)25-13-16-6-9-19(27-2)20(12-16)28-3/h4-9,12,14H,10-11,13H2,1-3H3,(H3,23,24,25). The lowest BCUT2D eigenvalue weighted by atomic mass is 10.1. The lowest BCUT2D eigenvalue weighted by molar-refractivity contribution is 0.354. The molecule has 152 valence electrons. The van der Waals surface area contributed by atoms with Crippen LogP contribution in [0, 0.1) is 6.92 Å². The fourth-order valence-electron chi connectivity index (χ4n) is 2.78. The van der Waals surface area contributed by atoms with Gasteiger partial charge in [0.25, 0.3) is 0 Å². The molecule has 0 fully saturated rings. The average Bonchev–Trinajstić information content (AvgIpc) is 3.21. The summed E-state index contributed by atoms with van der Waals surface area (Å²) in [6.45, 7) is 3.11. The van der Waals surface area contributed by atoms with Crippen molar-refractivity contribution < 1.29 is 13.9 Å². The maximum Gasteiger partial charge on any atom is 0.226 e. The number of oxazole rings is 1. The summed E-state index contributed by atoms with van der Waals surface area (Å²) < 4.78 is 16.1. The molecule has 1 heterocycles. The van der Waals surface area contributed by atoms with Gasteiger partial charge in [-0.05, 0) is 36.8 Å². The molecule has 3 aromatic rings. The second-order valence-corrected chi connectivity index (χ2v) is 6.58. The number of aromatic nitrogens is 1. The third kappa shape index (κ3) is 5.51. The first-order valence-corrected chi connectivity index (χ1v) is 9.35. The maximum absolute atomic E-state index is 5.96. The van der Waals surface area contributed by atoms with E-state index in [4.69, 9.17) is 19.6 Å². The topological polar surface area (TPSA) is 94.9 Å². The number of hydrogen-bond acceptors (Lipinski definition) is 5. The molecule has 7 heteroatoms. The Hall–Kier alpha value is -3.48. The minimum absolute atomic E-state index is 0.377. The number of guanidine groups is 1. The van der Waals surface area contributed by atoms with Crippen molar-refractivity contribution >= 4 is 5.96 Å². The van der Waals surface area contributed by atoms with Gasteiger partial charge in [0.15, 0.2) is 17.5 Å². The van der Waals surface area contributed by atoms with Gasteiger partial charge in [-0.15, -0.1) is 0 Å². The Labute approximate surface area is 170 Å². The molecule has 0 bridgehead atoms. The highest BCUT2D eigenvalue weighted by atomic mass is 16.5. The van der Waals surface area contributed by atoms with Gasteiger partial charge in [0.1, 0.15) is 6.26 Å². The van der Waals surface area contributed by atoms with E-state index < -0.39 is 0 Å². The molecule has 0 amide bonds. The van der Waals surface area contributed by atoms with Gasteiger partial charge in [-0.1, -0.05) is 23.8 Å². The molecule has 7 nitrogen and oxygen atoms in total. The van der Waals surface area contributed by atoms with E-state index in [0.717, 1.165) is 16.8 Å². The molecule has 0 aliphatic heterocycles. The number of aryl methyl sites for hydroxylation is 1. The number of ether oxygens (including phenoxy) is 2. The molecule has 0 atom stereocenters. The van der Waals surface area contributed by atoms with Crippen molar-refractivity contribution in [2.75, 3.05) is 20.8 Å².